The van der Waals surface area contributed by atoms with Crippen molar-refractivity contribution in [2.75, 3.05) is 0 Å². The van der Waals surface area contributed by atoms with Gasteiger partial charge in [0.25, 0.3) is 0 Å². The number of allylic oxidation sites excluding steroid dienone is 1. The van der Waals surface area contributed by atoms with Gasteiger partial charge in [-0.05, 0) is 113 Å². The summed E-state index contributed by atoms with van der Waals surface area (Å²) in [5.41, 5.74) is 4.32. The summed E-state index contributed by atoms with van der Waals surface area (Å²) in [6, 6.07) is 9.14. The van der Waals surface area contributed by atoms with E-state index in [0.29, 0.717) is 35.4 Å². The number of terminal acetylenes is 1. The maximum absolute atomic E-state index is 12.0. The molecule has 0 aromatic heterocycles. The molecule has 5 rings (SSSR count). The minimum atomic E-state index is -0.152. The highest BCUT2D eigenvalue weighted by Crippen LogP contribution is 2.65. The van der Waals surface area contributed by atoms with Crippen LogP contribution < -0.4 is 0 Å². The van der Waals surface area contributed by atoms with Crippen LogP contribution in [-0.2, 0) is 4.79 Å². The van der Waals surface area contributed by atoms with Crippen LogP contribution in [0.4, 0.5) is 0 Å². The molecule has 0 saturated heterocycles. The molecule has 0 heterocycles. The van der Waals surface area contributed by atoms with E-state index >= 15 is 0 Å². The highest BCUT2D eigenvalue weighted by atomic mass is 16.3. The fourth-order valence-electron chi connectivity index (χ4n) is 7.44. The van der Waals surface area contributed by atoms with E-state index in [-0.39, 0.29) is 16.9 Å². The number of benzene rings is 1. The van der Waals surface area contributed by atoms with Crippen LogP contribution in [0.2, 0.25) is 0 Å². The molecule has 0 radical (unpaired) electrons. The molecule has 7 unspecified atom stereocenters. The Labute approximate surface area is 201 Å². The highest BCUT2D eigenvalue weighted by molar-refractivity contribution is 5.91. The third-order valence-electron chi connectivity index (χ3n) is 9.19. The van der Waals surface area contributed by atoms with Crippen molar-refractivity contribution in [3.8, 4) is 12.3 Å². The number of fused-ring (bicyclic) bond motifs is 5. The molecule has 2 nitrogen and oxygen atoms in total. The molecule has 3 saturated carbocycles. The summed E-state index contributed by atoms with van der Waals surface area (Å²) in [5.74, 6) is 6.02. The van der Waals surface area contributed by atoms with E-state index in [0.717, 1.165) is 32.1 Å². The Morgan fingerprint density at radius 2 is 1.70 bits per heavy atom. The molecule has 0 amide bonds. The van der Waals surface area contributed by atoms with Crippen molar-refractivity contribution in [3.05, 3.63) is 47.0 Å². The minimum Gasteiger partial charge on any atom is -0.393 e. The van der Waals surface area contributed by atoms with Crippen molar-refractivity contribution >= 4 is 5.78 Å². The lowest BCUT2D eigenvalue weighted by Crippen LogP contribution is -2.50. The summed E-state index contributed by atoms with van der Waals surface area (Å²) in [5, 5.41) is 10.9. The van der Waals surface area contributed by atoms with Gasteiger partial charge in [0.1, 0.15) is 0 Å². The molecule has 1 aromatic rings. The zero-order chi connectivity index (χ0) is 24.0. The van der Waals surface area contributed by atoms with Crippen LogP contribution in [0.25, 0.3) is 0 Å². The lowest BCUT2D eigenvalue weighted by atomic mass is 9.48. The Bertz CT molecular complexity index is 941. The molecule has 1 aromatic carbocycles. The van der Waals surface area contributed by atoms with Crippen LogP contribution in [0.15, 0.2) is 35.9 Å². The molecule has 0 bridgehead atoms. The van der Waals surface area contributed by atoms with Crippen LogP contribution in [-0.4, -0.2) is 17.0 Å². The predicted octanol–water partition coefficient (Wildman–Crippen LogP) is 6.86. The van der Waals surface area contributed by atoms with Crippen LogP contribution >= 0.6 is 0 Å². The van der Waals surface area contributed by atoms with Gasteiger partial charge in [-0.15, -0.1) is 12.3 Å². The molecule has 0 aliphatic heterocycles. The number of carbonyl (C=O) groups excluding carboxylic acids is 1. The first-order chi connectivity index (χ1) is 15.5. The van der Waals surface area contributed by atoms with E-state index in [1.165, 1.54) is 29.5 Å². The maximum Gasteiger partial charge on any atom is 0.155 e. The van der Waals surface area contributed by atoms with Crippen LogP contribution in [0.5, 0.6) is 0 Å². The zero-order valence-electron chi connectivity index (χ0n) is 21.2. The summed E-state index contributed by atoms with van der Waals surface area (Å²) in [7, 11) is 0. The number of aliphatic hydroxyl groups excluding tert-OH is 1. The van der Waals surface area contributed by atoms with E-state index in [1.54, 1.807) is 0 Å². The van der Waals surface area contributed by atoms with Gasteiger partial charge in [-0.1, -0.05) is 42.3 Å². The van der Waals surface area contributed by atoms with Gasteiger partial charge < -0.3 is 5.11 Å². The number of carbonyl (C=O) groups is 1. The molecule has 1 N–H and O–H groups in total. The monoisotopic (exact) mass is 446 g/mol. The normalized spacial score (nSPS) is 37.5. The van der Waals surface area contributed by atoms with E-state index in [1.807, 2.05) is 26.8 Å². The SMILES string of the molecule is C#CC(C)(C)C.Cc1ccc(C2CC3(C)C(O)CCC3C3CCC4=CC(=O)CCC4C23)cc1. The summed E-state index contributed by atoms with van der Waals surface area (Å²) in [4.78, 5) is 12.0. The van der Waals surface area contributed by atoms with Gasteiger partial charge in [0, 0.05) is 11.8 Å². The summed E-state index contributed by atoms with van der Waals surface area (Å²) in [6.45, 7) is 10.5. The molecule has 178 valence electrons. The standard InChI is InChI=1S/C25H32O2.C6H10/c1-15-3-5-16(6-4-15)21-14-25(2)22(11-12-23(25)27)20-9-7-17-13-18(26)8-10-19(17)24(20)21;1-5-6(2,3)4/h3-6,13,19-24,27H,7-12,14H2,1-2H3;1H,2-4H3. The van der Waals surface area contributed by atoms with Gasteiger partial charge in [-0.3, -0.25) is 4.79 Å². The molecule has 3 fully saturated rings. The van der Waals surface area contributed by atoms with Crippen molar-refractivity contribution < 1.29 is 9.90 Å². The van der Waals surface area contributed by atoms with Crippen molar-refractivity contribution in [1.29, 1.82) is 0 Å². The van der Waals surface area contributed by atoms with Gasteiger partial charge in [0.05, 0.1) is 6.10 Å². The van der Waals surface area contributed by atoms with Crippen molar-refractivity contribution in [3.63, 3.8) is 0 Å². The second-order valence-corrected chi connectivity index (χ2v) is 12.4. The van der Waals surface area contributed by atoms with Gasteiger partial charge >= 0.3 is 0 Å². The van der Waals surface area contributed by atoms with Crippen molar-refractivity contribution in [2.45, 2.75) is 91.6 Å². The third kappa shape index (κ3) is 4.72. The van der Waals surface area contributed by atoms with E-state index in [4.69, 9.17) is 6.42 Å². The Morgan fingerprint density at radius 3 is 2.33 bits per heavy atom. The quantitative estimate of drug-likeness (QED) is 0.479. The molecular weight excluding hydrogens is 404 g/mol. The Hall–Kier alpha value is -1.85. The Morgan fingerprint density at radius 1 is 1.03 bits per heavy atom. The topological polar surface area (TPSA) is 37.3 Å². The van der Waals surface area contributed by atoms with E-state index in [2.05, 4.69) is 44.0 Å². The number of aryl methyl sites for hydroxylation is 1. The van der Waals surface area contributed by atoms with Crippen molar-refractivity contribution in [2.24, 2.45) is 34.5 Å². The Kier molecular flexibility index (Phi) is 6.67. The number of aliphatic hydroxyl groups is 1. The lowest BCUT2D eigenvalue weighted by Gasteiger charge is -2.57. The molecule has 4 aliphatic carbocycles. The maximum atomic E-state index is 12.0. The average Bonchev–Trinajstić information content (AvgIpc) is 3.07. The summed E-state index contributed by atoms with van der Waals surface area (Å²) >= 11 is 0. The number of hydrogen-bond acceptors (Lipinski definition) is 2. The molecule has 2 heteroatoms. The van der Waals surface area contributed by atoms with Gasteiger partial charge in [0.2, 0.25) is 0 Å². The number of ketones is 1. The van der Waals surface area contributed by atoms with Gasteiger partial charge in [0.15, 0.2) is 5.78 Å². The lowest BCUT2D eigenvalue weighted by molar-refractivity contribution is -0.116. The molecule has 0 spiro atoms. The highest BCUT2D eigenvalue weighted by Gasteiger charge is 2.59. The average molecular weight is 447 g/mol. The van der Waals surface area contributed by atoms with Gasteiger partial charge in [-0.2, -0.15) is 0 Å². The zero-order valence-corrected chi connectivity index (χ0v) is 21.2. The van der Waals surface area contributed by atoms with E-state index in [9.17, 15) is 9.90 Å². The molecular formula is C31H42O2. The van der Waals surface area contributed by atoms with Gasteiger partial charge in [-0.25, -0.2) is 0 Å². The smallest absolute Gasteiger partial charge is 0.155 e. The molecule has 4 aliphatic rings. The predicted molar refractivity (Wildman–Crippen MR) is 136 cm³/mol. The first-order valence-electron chi connectivity index (χ1n) is 13.0. The van der Waals surface area contributed by atoms with Crippen LogP contribution in [0, 0.1) is 53.8 Å². The number of hydrogen-bond donors (Lipinski definition) is 1. The Balaban J connectivity index is 0.000000385. The fraction of sp³-hybridized carbons (Fsp3) is 0.645. The summed E-state index contributed by atoms with van der Waals surface area (Å²) < 4.78 is 0. The van der Waals surface area contributed by atoms with Crippen LogP contribution in [0.1, 0.15) is 89.7 Å². The molecule has 33 heavy (non-hydrogen) atoms. The third-order valence-corrected chi connectivity index (χ3v) is 9.19. The van der Waals surface area contributed by atoms with Crippen molar-refractivity contribution in [1.82, 2.24) is 0 Å². The van der Waals surface area contributed by atoms with Crippen LogP contribution in [0.3, 0.4) is 0 Å². The molecule has 7 atom stereocenters. The minimum absolute atomic E-state index is 0.0580. The number of rotatable bonds is 1. The second-order valence-electron chi connectivity index (χ2n) is 12.4. The largest absolute Gasteiger partial charge is 0.393 e. The first-order valence-corrected chi connectivity index (χ1v) is 13.0. The second kappa shape index (κ2) is 9.07. The first kappa shape index (κ1) is 24.3. The fourth-order valence-corrected chi connectivity index (χ4v) is 7.44. The summed E-state index contributed by atoms with van der Waals surface area (Å²) in [6.07, 6.45) is 14.2. The van der Waals surface area contributed by atoms with E-state index < -0.39 is 0 Å².